The molecule has 2 amide bonds. The van der Waals surface area contributed by atoms with Gasteiger partial charge < -0.3 is 9.47 Å². The summed E-state index contributed by atoms with van der Waals surface area (Å²) in [7, 11) is 0. The molecule has 3 rings (SSSR count). The Morgan fingerprint density at radius 3 is 2.63 bits per heavy atom. The Bertz CT molecular complexity index is 1080. The average Bonchev–Trinajstić information content (AvgIpc) is 3.23. The van der Waals surface area contributed by atoms with Crippen molar-refractivity contribution in [1.82, 2.24) is 20.4 Å². The van der Waals surface area contributed by atoms with Crippen LogP contribution in [0.3, 0.4) is 0 Å². The lowest BCUT2D eigenvalue weighted by Crippen LogP contribution is -2.47. The van der Waals surface area contributed by atoms with Crippen molar-refractivity contribution in [2.45, 2.75) is 32.9 Å². The molecule has 0 saturated heterocycles. The molecular weight excluding hydrogens is 408 g/mol. The zero-order valence-corrected chi connectivity index (χ0v) is 17.4. The molecule has 2 aromatic heterocycles. The molecule has 3 aromatic rings. The van der Waals surface area contributed by atoms with Crippen LogP contribution in [0.4, 0.5) is 0 Å². The fourth-order valence-electron chi connectivity index (χ4n) is 2.61. The molecule has 1 atom stereocenters. The first-order chi connectivity index (χ1) is 14.5. The fraction of sp³-hybridized carbons (Fsp3) is 0.300. The minimum atomic E-state index is -0.823. The van der Waals surface area contributed by atoms with Crippen LogP contribution in [-0.2, 0) is 16.1 Å². The summed E-state index contributed by atoms with van der Waals surface area (Å²) < 4.78 is 12.3. The first-order valence-corrected chi connectivity index (χ1v) is 10.3. The zero-order valence-electron chi connectivity index (χ0n) is 16.6. The summed E-state index contributed by atoms with van der Waals surface area (Å²) in [4.78, 5) is 41.3. The van der Waals surface area contributed by atoms with Crippen LogP contribution in [0.15, 0.2) is 46.8 Å². The Morgan fingerprint density at radius 1 is 1.17 bits per heavy atom. The van der Waals surface area contributed by atoms with E-state index in [0.29, 0.717) is 28.3 Å². The largest absolute Gasteiger partial charge is 0.494 e. The summed E-state index contributed by atoms with van der Waals surface area (Å²) in [5.74, 6) is 0.273. The van der Waals surface area contributed by atoms with Crippen LogP contribution in [0.25, 0.3) is 10.2 Å². The molecule has 1 unspecified atom stereocenters. The van der Waals surface area contributed by atoms with Gasteiger partial charge in [0.2, 0.25) is 5.91 Å². The standard InChI is InChI=1S/C20H22N4O5S/c1-3-28-14-4-6-15(7-5-14)29-13(2)18(26)23-22-17(25)8-10-24-12-21-19-16(20(24)27)9-11-30-19/h4-7,9,11-13H,3,8,10H2,1-2H3,(H,22,25)(H,23,26). The highest BCUT2D eigenvalue weighted by atomic mass is 32.1. The molecule has 1 aromatic carbocycles. The molecular formula is C20H22N4O5S. The number of hydrogen-bond donors (Lipinski definition) is 2. The molecule has 0 aliphatic heterocycles. The van der Waals surface area contributed by atoms with E-state index < -0.39 is 17.9 Å². The van der Waals surface area contributed by atoms with E-state index >= 15 is 0 Å². The third kappa shape index (κ3) is 5.35. The topological polar surface area (TPSA) is 112 Å². The number of thiophene rings is 1. The van der Waals surface area contributed by atoms with Gasteiger partial charge in [-0.05, 0) is 49.6 Å². The highest BCUT2D eigenvalue weighted by Crippen LogP contribution is 2.18. The molecule has 0 aliphatic carbocycles. The highest BCUT2D eigenvalue weighted by molar-refractivity contribution is 7.16. The second-order valence-electron chi connectivity index (χ2n) is 6.33. The van der Waals surface area contributed by atoms with Crippen LogP contribution in [0.5, 0.6) is 11.5 Å². The Morgan fingerprint density at radius 2 is 1.90 bits per heavy atom. The first kappa shape index (κ1) is 21.3. The third-order valence-corrected chi connectivity index (χ3v) is 4.99. The van der Waals surface area contributed by atoms with Crippen molar-refractivity contribution in [3.63, 3.8) is 0 Å². The molecule has 0 bridgehead atoms. The number of aryl methyl sites for hydroxylation is 1. The van der Waals surface area contributed by atoms with Crippen molar-refractivity contribution in [3.05, 3.63) is 52.4 Å². The van der Waals surface area contributed by atoms with E-state index in [1.807, 2.05) is 6.92 Å². The predicted molar refractivity (Wildman–Crippen MR) is 112 cm³/mol. The van der Waals surface area contributed by atoms with Crippen LogP contribution in [-0.4, -0.2) is 34.1 Å². The van der Waals surface area contributed by atoms with Crippen molar-refractivity contribution in [1.29, 1.82) is 0 Å². The van der Waals surface area contributed by atoms with Crippen LogP contribution in [0, 0.1) is 0 Å². The van der Waals surface area contributed by atoms with Crippen LogP contribution >= 0.6 is 11.3 Å². The van der Waals surface area contributed by atoms with Crippen molar-refractivity contribution < 1.29 is 19.1 Å². The van der Waals surface area contributed by atoms with E-state index in [1.54, 1.807) is 42.6 Å². The number of ether oxygens (including phenoxy) is 2. The second kappa shape index (κ2) is 9.88. The van der Waals surface area contributed by atoms with Gasteiger partial charge in [-0.15, -0.1) is 11.3 Å². The fourth-order valence-corrected chi connectivity index (χ4v) is 3.33. The number of hydrazine groups is 1. The minimum absolute atomic E-state index is 0.00559. The van der Waals surface area contributed by atoms with Crippen LogP contribution < -0.4 is 25.9 Å². The normalized spacial score (nSPS) is 11.7. The number of fused-ring (bicyclic) bond motifs is 1. The lowest BCUT2D eigenvalue weighted by Gasteiger charge is -2.15. The van der Waals surface area contributed by atoms with Crippen molar-refractivity contribution in [3.8, 4) is 11.5 Å². The number of nitrogens with zero attached hydrogens (tertiary/aromatic N) is 2. The Labute approximate surface area is 176 Å². The number of hydrogen-bond acceptors (Lipinski definition) is 7. The van der Waals surface area contributed by atoms with E-state index in [9.17, 15) is 14.4 Å². The van der Waals surface area contributed by atoms with E-state index in [4.69, 9.17) is 9.47 Å². The number of benzene rings is 1. The number of carbonyl (C=O) groups excluding carboxylic acids is 2. The number of carbonyl (C=O) groups is 2. The van der Waals surface area contributed by atoms with E-state index in [2.05, 4.69) is 15.8 Å². The van der Waals surface area contributed by atoms with E-state index in [0.717, 1.165) is 0 Å². The molecule has 158 valence electrons. The molecule has 2 N–H and O–H groups in total. The van der Waals surface area contributed by atoms with Gasteiger partial charge in [0.1, 0.15) is 16.3 Å². The van der Waals surface area contributed by atoms with Crippen molar-refractivity contribution in [2.24, 2.45) is 0 Å². The molecule has 9 nitrogen and oxygen atoms in total. The smallest absolute Gasteiger partial charge is 0.279 e. The monoisotopic (exact) mass is 430 g/mol. The Hall–Kier alpha value is -3.40. The van der Waals surface area contributed by atoms with Crippen molar-refractivity contribution in [2.75, 3.05) is 6.61 Å². The lowest BCUT2D eigenvalue weighted by molar-refractivity contribution is -0.132. The van der Waals surface area contributed by atoms with Gasteiger partial charge in [0.25, 0.3) is 11.5 Å². The van der Waals surface area contributed by atoms with Crippen LogP contribution in [0.2, 0.25) is 0 Å². The molecule has 0 spiro atoms. The number of nitrogens with one attached hydrogen (secondary N) is 2. The number of amides is 2. The summed E-state index contributed by atoms with van der Waals surface area (Å²) >= 11 is 1.38. The maximum absolute atomic E-state index is 12.3. The number of rotatable bonds is 8. The van der Waals surface area contributed by atoms with Gasteiger partial charge in [0.15, 0.2) is 6.10 Å². The maximum atomic E-state index is 12.3. The summed E-state index contributed by atoms with van der Waals surface area (Å²) in [5.41, 5.74) is 4.45. The predicted octanol–water partition coefficient (Wildman–Crippen LogP) is 1.86. The molecule has 2 heterocycles. The average molecular weight is 430 g/mol. The van der Waals surface area contributed by atoms with E-state index in [1.165, 1.54) is 22.2 Å². The summed E-state index contributed by atoms with van der Waals surface area (Å²) in [6.07, 6.45) is 0.599. The molecule has 0 saturated carbocycles. The first-order valence-electron chi connectivity index (χ1n) is 9.38. The van der Waals surface area contributed by atoms with Gasteiger partial charge in [-0.3, -0.25) is 29.8 Å². The quantitative estimate of drug-likeness (QED) is 0.528. The molecule has 0 fully saturated rings. The Kier molecular flexibility index (Phi) is 7.02. The van der Waals surface area contributed by atoms with Crippen molar-refractivity contribution >= 4 is 33.4 Å². The van der Waals surface area contributed by atoms with Gasteiger partial charge in [-0.25, -0.2) is 4.98 Å². The Balaban J connectivity index is 1.44. The van der Waals surface area contributed by atoms with Gasteiger partial charge in [-0.2, -0.15) is 0 Å². The minimum Gasteiger partial charge on any atom is -0.494 e. The summed E-state index contributed by atoms with van der Waals surface area (Å²) in [6.45, 7) is 4.17. The summed E-state index contributed by atoms with van der Waals surface area (Å²) in [5, 5.41) is 2.32. The molecule has 30 heavy (non-hydrogen) atoms. The van der Waals surface area contributed by atoms with Gasteiger partial charge in [0.05, 0.1) is 18.3 Å². The summed E-state index contributed by atoms with van der Waals surface area (Å²) in [6, 6.07) is 8.59. The van der Waals surface area contributed by atoms with E-state index in [-0.39, 0.29) is 18.5 Å². The third-order valence-electron chi connectivity index (χ3n) is 4.17. The number of aromatic nitrogens is 2. The van der Waals surface area contributed by atoms with Gasteiger partial charge in [0, 0.05) is 13.0 Å². The van der Waals surface area contributed by atoms with Gasteiger partial charge >= 0.3 is 0 Å². The van der Waals surface area contributed by atoms with Crippen LogP contribution in [0.1, 0.15) is 20.3 Å². The maximum Gasteiger partial charge on any atom is 0.279 e. The lowest BCUT2D eigenvalue weighted by atomic mass is 10.3. The zero-order chi connectivity index (χ0) is 21.5. The molecule has 10 heteroatoms. The highest BCUT2D eigenvalue weighted by Gasteiger charge is 2.16. The SMILES string of the molecule is CCOc1ccc(OC(C)C(=O)NNC(=O)CCn2cnc3sccc3c2=O)cc1. The van der Waals surface area contributed by atoms with Gasteiger partial charge in [-0.1, -0.05) is 0 Å². The molecule has 0 aliphatic rings. The molecule has 0 radical (unpaired) electrons. The second-order valence-corrected chi connectivity index (χ2v) is 7.23.